The second-order valence-corrected chi connectivity index (χ2v) is 5.85. The van der Waals surface area contributed by atoms with Crippen LogP contribution in [-0.4, -0.2) is 28.3 Å². The SMILES string of the molecule is O=C1CCC(=O)N1CNc1ccc(C=Cc2ccc([N+](=O)[O-])cc2)cc1. The Morgan fingerprint density at radius 1 is 0.923 bits per heavy atom. The maximum Gasteiger partial charge on any atom is 0.269 e. The van der Waals surface area contributed by atoms with Crippen molar-refractivity contribution in [2.24, 2.45) is 0 Å². The third kappa shape index (κ3) is 4.13. The number of carbonyl (C=O) groups excluding carboxylic acids is 2. The number of nitrogens with one attached hydrogen (secondary N) is 1. The van der Waals surface area contributed by atoms with Gasteiger partial charge in [-0.2, -0.15) is 0 Å². The summed E-state index contributed by atoms with van der Waals surface area (Å²) >= 11 is 0. The number of hydrogen-bond donors (Lipinski definition) is 1. The van der Waals surface area contributed by atoms with Crippen LogP contribution < -0.4 is 5.32 Å². The van der Waals surface area contributed by atoms with Gasteiger partial charge in [0.05, 0.1) is 11.6 Å². The lowest BCUT2D eigenvalue weighted by atomic mass is 10.1. The number of non-ortho nitro benzene ring substituents is 1. The Hall–Kier alpha value is -3.48. The van der Waals surface area contributed by atoms with Crippen molar-refractivity contribution in [3.63, 3.8) is 0 Å². The molecular formula is C19H17N3O4. The molecular weight excluding hydrogens is 334 g/mol. The first-order valence-electron chi connectivity index (χ1n) is 8.12. The van der Waals surface area contributed by atoms with Gasteiger partial charge in [-0.1, -0.05) is 24.3 Å². The molecule has 132 valence electrons. The normalized spacial score (nSPS) is 14.2. The molecule has 7 heteroatoms. The van der Waals surface area contributed by atoms with E-state index in [1.165, 1.54) is 17.0 Å². The minimum atomic E-state index is -0.428. The van der Waals surface area contributed by atoms with E-state index >= 15 is 0 Å². The first kappa shape index (κ1) is 17.3. The van der Waals surface area contributed by atoms with Gasteiger partial charge in [0.15, 0.2) is 0 Å². The molecule has 3 rings (SSSR count). The Balaban J connectivity index is 1.58. The Bertz CT molecular complexity index is 841. The van der Waals surface area contributed by atoms with Crippen LogP contribution in [0.1, 0.15) is 24.0 Å². The van der Waals surface area contributed by atoms with Gasteiger partial charge in [-0.15, -0.1) is 0 Å². The fourth-order valence-corrected chi connectivity index (χ4v) is 2.58. The van der Waals surface area contributed by atoms with Crippen LogP contribution in [0.5, 0.6) is 0 Å². The number of anilines is 1. The third-order valence-corrected chi connectivity index (χ3v) is 4.08. The maximum absolute atomic E-state index is 11.6. The van der Waals surface area contributed by atoms with E-state index in [1.807, 2.05) is 36.4 Å². The number of rotatable bonds is 6. The predicted molar refractivity (Wildman–Crippen MR) is 98.0 cm³/mol. The maximum atomic E-state index is 11.6. The molecule has 0 aromatic heterocycles. The molecule has 1 heterocycles. The summed E-state index contributed by atoms with van der Waals surface area (Å²) in [6, 6.07) is 13.8. The number of benzene rings is 2. The van der Waals surface area contributed by atoms with Crippen molar-refractivity contribution in [2.75, 3.05) is 12.0 Å². The summed E-state index contributed by atoms with van der Waals surface area (Å²) in [5, 5.41) is 13.7. The summed E-state index contributed by atoms with van der Waals surface area (Å²) < 4.78 is 0. The van der Waals surface area contributed by atoms with Gasteiger partial charge in [0.1, 0.15) is 0 Å². The highest BCUT2D eigenvalue weighted by molar-refractivity contribution is 6.02. The van der Waals surface area contributed by atoms with Crippen LogP contribution in [0.3, 0.4) is 0 Å². The zero-order valence-electron chi connectivity index (χ0n) is 13.9. The summed E-state index contributed by atoms with van der Waals surface area (Å²) in [5.74, 6) is -0.296. The van der Waals surface area contributed by atoms with Crippen LogP contribution in [0.15, 0.2) is 48.5 Å². The van der Waals surface area contributed by atoms with Crippen molar-refractivity contribution < 1.29 is 14.5 Å². The number of carbonyl (C=O) groups is 2. The predicted octanol–water partition coefficient (Wildman–Crippen LogP) is 3.28. The molecule has 1 saturated heterocycles. The van der Waals surface area contributed by atoms with E-state index in [0.29, 0.717) is 0 Å². The second-order valence-electron chi connectivity index (χ2n) is 5.85. The molecule has 1 N–H and O–H groups in total. The highest BCUT2D eigenvalue weighted by atomic mass is 16.6. The summed E-state index contributed by atoms with van der Waals surface area (Å²) in [5.41, 5.74) is 2.70. The summed E-state index contributed by atoms with van der Waals surface area (Å²) in [6.07, 6.45) is 4.34. The standard InChI is InChI=1S/C19H17N3O4/c23-18-11-12-19(24)21(18)13-20-16-7-3-14(4-8-16)1-2-15-5-9-17(10-6-15)22(25)26/h1-10,20H,11-13H2. The Kier molecular flexibility index (Phi) is 5.07. The summed E-state index contributed by atoms with van der Waals surface area (Å²) in [6.45, 7) is 0.176. The molecule has 26 heavy (non-hydrogen) atoms. The lowest BCUT2D eigenvalue weighted by Gasteiger charge is -2.15. The lowest BCUT2D eigenvalue weighted by molar-refractivity contribution is -0.384. The van der Waals surface area contributed by atoms with E-state index in [2.05, 4.69) is 5.32 Å². The van der Waals surface area contributed by atoms with Crippen molar-refractivity contribution in [1.29, 1.82) is 0 Å². The molecule has 0 spiro atoms. The third-order valence-electron chi connectivity index (χ3n) is 4.08. The zero-order valence-corrected chi connectivity index (χ0v) is 13.9. The molecule has 0 bridgehead atoms. The monoisotopic (exact) mass is 351 g/mol. The van der Waals surface area contributed by atoms with Crippen LogP contribution in [0.4, 0.5) is 11.4 Å². The van der Waals surface area contributed by atoms with Gasteiger partial charge in [-0.05, 0) is 35.4 Å². The van der Waals surface area contributed by atoms with Gasteiger partial charge in [-0.25, -0.2) is 0 Å². The molecule has 2 aromatic rings. The fraction of sp³-hybridized carbons (Fsp3) is 0.158. The van der Waals surface area contributed by atoms with Crippen LogP contribution in [0.2, 0.25) is 0 Å². The quantitative estimate of drug-likeness (QED) is 0.373. The van der Waals surface area contributed by atoms with E-state index in [-0.39, 0.29) is 37.0 Å². The average Bonchev–Trinajstić information content (AvgIpc) is 2.97. The van der Waals surface area contributed by atoms with E-state index in [1.54, 1.807) is 12.1 Å². The van der Waals surface area contributed by atoms with Crippen LogP contribution in [-0.2, 0) is 9.59 Å². The molecule has 1 fully saturated rings. The summed E-state index contributed by atoms with van der Waals surface area (Å²) in [7, 11) is 0. The molecule has 0 aliphatic carbocycles. The van der Waals surface area contributed by atoms with Gasteiger partial charge in [0.2, 0.25) is 11.8 Å². The average molecular weight is 351 g/mol. The van der Waals surface area contributed by atoms with E-state index in [9.17, 15) is 19.7 Å². The van der Waals surface area contributed by atoms with Crippen LogP contribution in [0, 0.1) is 10.1 Å². The fourth-order valence-electron chi connectivity index (χ4n) is 2.58. The number of amides is 2. The number of likely N-dealkylation sites (tertiary alicyclic amines) is 1. The smallest absolute Gasteiger partial charge is 0.269 e. The Morgan fingerprint density at radius 3 is 1.92 bits per heavy atom. The van der Waals surface area contributed by atoms with E-state index < -0.39 is 4.92 Å². The van der Waals surface area contributed by atoms with Crippen molar-refractivity contribution in [1.82, 2.24) is 4.90 Å². The molecule has 0 unspecified atom stereocenters. The molecule has 0 radical (unpaired) electrons. The highest BCUT2D eigenvalue weighted by Crippen LogP contribution is 2.17. The zero-order chi connectivity index (χ0) is 18.5. The van der Waals surface area contributed by atoms with Gasteiger partial charge < -0.3 is 5.32 Å². The molecule has 0 saturated carbocycles. The number of nitro benzene ring substituents is 1. The van der Waals surface area contributed by atoms with Crippen molar-refractivity contribution in [3.8, 4) is 0 Å². The van der Waals surface area contributed by atoms with Gasteiger partial charge in [-0.3, -0.25) is 24.6 Å². The van der Waals surface area contributed by atoms with Gasteiger partial charge in [0, 0.05) is 30.7 Å². The van der Waals surface area contributed by atoms with Gasteiger partial charge >= 0.3 is 0 Å². The first-order valence-corrected chi connectivity index (χ1v) is 8.12. The number of hydrogen-bond acceptors (Lipinski definition) is 5. The minimum Gasteiger partial charge on any atom is -0.367 e. The van der Waals surface area contributed by atoms with E-state index in [0.717, 1.165) is 16.8 Å². The topological polar surface area (TPSA) is 92.6 Å². The van der Waals surface area contributed by atoms with Crippen LogP contribution in [0.25, 0.3) is 12.2 Å². The second kappa shape index (κ2) is 7.60. The molecule has 2 aromatic carbocycles. The van der Waals surface area contributed by atoms with Crippen LogP contribution >= 0.6 is 0 Å². The molecule has 1 aliphatic rings. The lowest BCUT2D eigenvalue weighted by Crippen LogP contribution is -2.33. The Labute approximate surface area is 150 Å². The van der Waals surface area contributed by atoms with Crippen molar-refractivity contribution in [2.45, 2.75) is 12.8 Å². The van der Waals surface area contributed by atoms with Gasteiger partial charge in [0.25, 0.3) is 5.69 Å². The first-order chi connectivity index (χ1) is 12.5. The molecule has 7 nitrogen and oxygen atoms in total. The summed E-state index contributed by atoms with van der Waals surface area (Å²) in [4.78, 5) is 34.5. The molecule has 2 amide bonds. The number of imide groups is 1. The number of nitro groups is 1. The molecule has 1 aliphatic heterocycles. The minimum absolute atomic E-state index is 0.0625. The Morgan fingerprint density at radius 2 is 1.42 bits per heavy atom. The van der Waals surface area contributed by atoms with E-state index in [4.69, 9.17) is 0 Å². The largest absolute Gasteiger partial charge is 0.367 e. The molecule has 0 atom stereocenters. The van der Waals surface area contributed by atoms with Crippen molar-refractivity contribution >= 4 is 35.3 Å². The van der Waals surface area contributed by atoms with Crippen molar-refractivity contribution in [3.05, 3.63) is 69.8 Å². The highest BCUT2D eigenvalue weighted by Gasteiger charge is 2.28. The number of nitrogens with zero attached hydrogens (tertiary/aromatic N) is 2.